The van der Waals surface area contributed by atoms with Gasteiger partial charge in [-0.25, -0.2) is 4.98 Å². The normalized spacial score (nSPS) is 17.8. The monoisotopic (exact) mass is 318 g/mol. The second-order valence-electron chi connectivity index (χ2n) is 6.03. The van der Waals surface area contributed by atoms with Gasteiger partial charge in [-0.05, 0) is 19.3 Å². The highest BCUT2D eigenvalue weighted by molar-refractivity contribution is 5.92. The Morgan fingerprint density at radius 3 is 2.91 bits per heavy atom. The van der Waals surface area contributed by atoms with Gasteiger partial charge in [-0.15, -0.1) is 0 Å². The third kappa shape index (κ3) is 5.30. The molecule has 1 aliphatic rings. The van der Waals surface area contributed by atoms with Crippen molar-refractivity contribution in [3.05, 3.63) is 24.3 Å². The Kier molecular flexibility index (Phi) is 6.97. The molecule has 0 aliphatic carbocycles. The number of unbranched alkanes of at least 4 members (excludes halogenated alkanes) is 3. The highest BCUT2D eigenvalue weighted by Crippen LogP contribution is 2.18. The first-order valence-corrected chi connectivity index (χ1v) is 8.55. The van der Waals surface area contributed by atoms with Crippen LogP contribution < -0.4 is 5.32 Å². The average Bonchev–Trinajstić information content (AvgIpc) is 2.61. The summed E-state index contributed by atoms with van der Waals surface area (Å²) in [6.45, 7) is 4.04. The van der Waals surface area contributed by atoms with Gasteiger partial charge in [-0.1, -0.05) is 26.2 Å². The van der Waals surface area contributed by atoms with Crippen LogP contribution in [0.3, 0.4) is 0 Å². The molecule has 2 heterocycles. The standard InChI is InChI=1S/C17H26N4O2/c1-2-3-4-5-8-20-16(22)14-7-6-11-21(13-14)17(23)15-12-18-9-10-19-15/h9-10,12,14H,2-8,11,13H2,1H3,(H,20,22). The van der Waals surface area contributed by atoms with E-state index in [2.05, 4.69) is 22.2 Å². The number of hydrogen-bond acceptors (Lipinski definition) is 4. The number of amides is 2. The zero-order valence-electron chi connectivity index (χ0n) is 13.8. The smallest absolute Gasteiger partial charge is 0.274 e. The highest BCUT2D eigenvalue weighted by atomic mass is 16.2. The van der Waals surface area contributed by atoms with E-state index in [9.17, 15) is 9.59 Å². The summed E-state index contributed by atoms with van der Waals surface area (Å²) in [6, 6.07) is 0. The maximum atomic E-state index is 12.4. The Balaban J connectivity index is 1.81. The molecule has 1 aromatic rings. The lowest BCUT2D eigenvalue weighted by atomic mass is 9.97. The maximum Gasteiger partial charge on any atom is 0.274 e. The molecule has 0 radical (unpaired) electrons. The summed E-state index contributed by atoms with van der Waals surface area (Å²) in [6.07, 6.45) is 10.8. The van der Waals surface area contributed by atoms with Gasteiger partial charge in [0.2, 0.25) is 5.91 Å². The van der Waals surface area contributed by atoms with Gasteiger partial charge in [0.05, 0.1) is 12.1 Å². The molecule has 0 spiro atoms. The van der Waals surface area contributed by atoms with Gasteiger partial charge in [-0.2, -0.15) is 0 Å². The van der Waals surface area contributed by atoms with Gasteiger partial charge in [0, 0.05) is 32.0 Å². The van der Waals surface area contributed by atoms with Crippen LogP contribution in [0.4, 0.5) is 0 Å². The van der Waals surface area contributed by atoms with E-state index >= 15 is 0 Å². The fraction of sp³-hybridized carbons (Fsp3) is 0.647. The molecule has 1 aliphatic heterocycles. The second kappa shape index (κ2) is 9.22. The number of nitrogens with zero attached hydrogens (tertiary/aromatic N) is 3. The van der Waals surface area contributed by atoms with Crippen molar-refractivity contribution < 1.29 is 9.59 Å². The summed E-state index contributed by atoms with van der Waals surface area (Å²) in [5, 5.41) is 3.01. The largest absolute Gasteiger partial charge is 0.356 e. The molecular weight excluding hydrogens is 292 g/mol. The number of aromatic nitrogens is 2. The first-order valence-electron chi connectivity index (χ1n) is 8.55. The molecule has 6 heteroatoms. The Morgan fingerprint density at radius 1 is 1.30 bits per heavy atom. The fourth-order valence-corrected chi connectivity index (χ4v) is 2.85. The van der Waals surface area contributed by atoms with Crippen molar-refractivity contribution in [2.75, 3.05) is 19.6 Å². The zero-order chi connectivity index (χ0) is 16.5. The Morgan fingerprint density at radius 2 is 2.17 bits per heavy atom. The first kappa shape index (κ1) is 17.4. The van der Waals surface area contributed by atoms with Crippen molar-refractivity contribution in [2.45, 2.75) is 45.4 Å². The van der Waals surface area contributed by atoms with E-state index in [0.717, 1.165) is 32.2 Å². The summed E-state index contributed by atoms with van der Waals surface area (Å²) in [4.78, 5) is 34.3. The van der Waals surface area contributed by atoms with Gasteiger partial charge in [0.1, 0.15) is 5.69 Å². The molecule has 6 nitrogen and oxygen atoms in total. The minimum absolute atomic E-state index is 0.0677. The lowest BCUT2D eigenvalue weighted by molar-refractivity contribution is -0.126. The third-order valence-electron chi connectivity index (χ3n) is 4.19. The topological polar surface area (TPSA) is 75.2 Å². The molecule has 23 heavy (non-hydrogen) atoms. The first-order chi connectivity index (χ1) is 11.2. The van der Waals surface area contributed by atoms with E-state index in [1.807, 2.05) is 0 Å². The van der Waals surface area contributed by atoms with Crippen LogP contribution in [0, 0.1) is 5.92 Å². The summed E-state index contributed by atoms with van der Waals surface area (Å²) in [5.74, 6) is -0.188. The molecular formula is C17H26N4O2. The average molecular weight is 318 g/mol. The summed E-state index contributed by atoms with van der Waals surface area (Å²) in [5.41, 5.74) is 0.341. The van der Waals surface area contributed by atoms with E-state index in [1.165, 1.54) is 25.2 Å². The Labute approximate surface area is 137 Å². The van der Waals surface area contributed by atoms with Crippen LogP contribution in [0.1, 0.15) is 55.9 Å². The van der Waals surface area contributed by atoms with Crippen LogP contribution in [-0.2, 0) is 4.79 Å². The van der Waals surface area contributed by atoms with E-state index in [4.69, 9.17) is 0 Å². The number of nitrogens with one attached hydrogen (secondary N) is 1. The summed E-state index contributed by atoms with van der Waals surface area (Å²) >= 11 is 0. The second-order valence-corrected chi connectivity index (χ2v) is 6.03. The predicted octanol–water partition coefficient (Wildman–Crippen LogP) is 2.03. The van der Waals surface area contributed by atoms with E-state index < -0.39 is 0 Å². The minimum atomic E-state index is -0.140. The minimum Gasteiger partial charge on any atom is -0.356 e. The molecule has 126 valence electrons. The van der Waals surface area contributed by atoms with Gasteiger partial charge in [0.15, 0.2) is 0 Å². The van der Waals surface area contributed by atoms with Crippen LogP contribution >= 0.6 is 0 Å². The molecule has 1 unspecified atom stereocenters. The quantitative estimate of drug-likeness (QED) is 0.781. The van der Waals surface area contributed by atoms with Gasteiger partial charge in [-0.3, -0.25) is 14.6 Å². The van der Waals surface area contributed by atoms with Crippen molar-refractivity contribution in [2.24, 2.45) is 5.92 Å². The van der Waals surface area contributed by atoms with Crippen molar-refractivity contribution in [1.29, 1.82) is 0 Å². The number of carbonyl (C=O) groups excluding carboxylic acids is 2. The zero-order valence-corrected chi connectivity index (χ0v) is 13.8. The summed E-state index contributed by atoms with van der Waals surface area (Å²) in [7, 11) is 0. The van der Waals surface area contributed by atoms with Crippen molar-refractivity contribution in [3.8, 4) is 0 Å². The van der Waals surface area contributed by atoms with Crippen LogP contribution in [0.15, 0.2) is 18.6 Å². The van der Waals surface area contributed by atoms with Crippen LogP contribution in [0.2, 0.25) is 0 Å². The number of likely N-dealkylation sites (tertiary alicyclic amines) is 1. The molecule has 1 N–H and O–H groups in total. The fourth-order valence-electron chi connectivity index (χ4n) is 2.85. The van der Waals surface area contributed by atoms with Crippen molar-refractivity contribution >= 4 is 11.8 Å². The van der Waals surface area contributed by atoms with Crippen LogP contribution in [-0.4, -0.2) is 46.3 Å². The number of piperidine rings is 1. The molecule has 2 amide bonds. The molecule has 1 aromatic heterocycles. The highest BCUT2D eigenvalue weighted by Gasteiger charge is 2.29. The maximum absolute atomic E-state index is 12.4. The lowest BCUT2D eigenvalue weighted by Gasteiger charge is -2.31. The van der Waals surface area contributed by atoms with Crippen LogP contribution in [0.5, 0.6) is 0 Å². The molecule has 2 rings (SSSR count). The molecule has 0 aromatic carbocycles. The van der Waals surface area contributed by atoms with E-state index in [0.29, 0.717) is 18.8 Å². The van der Waals surface area contributed by atoms with Crippen molar-refractivity contribution in [1.82, 2.24) is 20.2 Å². The molecule has 1 fully saturated rings. The summed E-state index contributed by atoms with van der Waals surface area (Å²) < 4.78 is 0. The third-order valence-corrected chi connectivity index (χ3v) is 4.19. The van der Waals surface area contributed by atoms with Crippen molar-refractivity contribution in [3.63, 3.8) is 0 Å². The Bertz CT molecular complexity index is 507. The SMILES string of the molecule is CCCCCCNC(=O)C1CCCN(C(=O)c2cnccn2)C1. The molecule has 1 saturated heterocycles. The number of carbonyl (C=O) groups is 2. The van der Waals surface area contributed by atoms with Gasteiger partial charge >= 0.3 is 0 Å². The number of hydrogen-bond donors (Lipinski definition) is 1. The predicted molar refractivity (Wildman–Crippen MR) is 87.8 cm³/mol. The molecule has 0 saturated carbocycles. The van der Waals surface area contributed by atoms with Gasteiger partial charge in [0.25, 0.3) is 5.91 Å². The van der Waals surface area contributed by atoms with E-state index in [1.54, 1.807) is 11.1 Å². The van der Waals surface area contributed by atoms with Gasteiger partial charge < -0.3 is 10.2 Å². The molecule has 0 bridgehead atoms. The molecule has 1 atom stereocenters. The number of rotatable bonds is 7. The van der Waals surface area contributed by atoms with Crippen LogP contribution in [0.25, 0.3) is 0 Å². The van der Waals surface area contributed by atoms with E-state index in [-0.39, 0.29) is 17.7 Å². The Hall–Kier alpha value is -1.98. The lowest BCUT2D eigenvalue weighted by Crippen LogP contribution is -2.45.